The number of nitrogens with zero attached hydrogens (tertiary/aromatic N) is 7. The Kier molecular flexibility index (Phi) is 47.3. The van der Waals surface area contributed by atoms with Gasteiger partial charge in [0.1, 0.15) is 0 Å². The van der Waals surface area contributed by atoms with Gasteiger partial charge in [-0.05, 0) is 46.8 Å². The van der Waals surface area contributed by atoms with Gasteiger partial charge in [0.2, 0.25) is 35.4 Å². The Morgan fingerprint density at radius 2 is 0.708 bits per heavy atom. The molecule has 96 heavy (non-hydrogen) atoms. The fraction of sp³-hybridized carbons (Fsp3) is 0.803. The Balaban J connectivity index is 0.00000113. The molecule has 6 amide bonds. The lowest BCUT2D eigenvalue weighted by atomic mass is 10.1. The van der Waals surface area contributed by atoms with Gasteiger partial charge in [-0.3, -0.25) is 57.5 Å². The van der Waals surface area contributed by atoms with Crippen molar-refractivity contribution in [3.8, 4) is 0 Å². The van der Waals surface area contributed by atoms with E-state index in [-0.39, 0.29) is 127 Å². The van der Waals surface area contributed by atoms with E-state index in [1.807, 2.05) is 19.0 Å². The summed E-state index contributed by atoms with van der Waals surface area (Å²) in [6, 6.07) is 0. The molecule has 0 aliphatic carbocycles. The Hall–Kier alpha value is -7.14. The summed E-state index contributed by atoms with van der Waals surface area (Å²) in [7, 11) is 13.7. The molecule has 6 heterocycles. The third-order valence-electron chi connectivity index (χ3n) is 16.7. The first-order valence-electron chi connectivity index (χ1n) is 33.3. The van der Waals surface area contributed by atoms with E-state index in [0.717, 1.165) is 56.8 Å². The molecular weight excluding hydrogens is 1260 g/mol. The van der Waals surface area contributed by atoms with E-state index in [4.69, 9.17) is 24.5 Å². The van der Waals surface area contributed by atoms with E-state index < -0.39 is 30.8 Å². The number of ether oxygens (including phenoxy) is 6. The number of hydrogen-bond acceptors (Lipinski definition) is 24. The van der Waals surface area contributed by atoms with E-state index >= 15 is 0 Å². The van der Waals surface area contributed by atoms with Crippen molar-refractivity contribution in [2.75, 3.05) is 142 Å². The predicted molar refractivity (Wildman–Crippen MR) is 345 cm³/mol. The van der Waals surface area contributed by atoms with E-state index in [0.29, 0.717) is 58.4 Å². The Morgan fingerprint density at radius 3 is 1.01 bits per heavy atom. The number of amides is 6. The number of esters is 6. The molecule has 30 heteroatoms. The average molecular weight is 1370 g/mol. The zero-order valence-corrected chi connectivity index (χ0v) is 59.1. The van der Waals surface area contributed by atoms with E-state index in [9.17, 15) is 62.6 Å². The Labute approximate surface area is 566 Å². The van der Waals surface area contributed by atoms with Crippen LogP contribution < -0.4 is 0 Å². The molecule has 0 radical (unpaired) electrons. The molecule has 6 saturated heterocycles. The standard InChI is InChI=1S/C18H33NO3.C12H21NO3.C11H20N2O3.C9H15NO4.C8H13NO5.C7H11NO3.CO2/c1-3-4-5-6-7-8-9-10-11-12-13-19-15-16(14-17(19)20)18(21)22-2;1-3-4-5-6-7-13-9-10(8-11(13)14)12(15)16-2;1-12(2)5-4-6-13-8-9(7-10(13)14)11(15)16-3;1-6(11)4-10-5-7(3-8(10)12)9(13)14-2;1-14-8(13)5-2-6(11)9(3-5)7(12)4-10;1-8-4-5(3-6(8)9)7(10)11-2;2-1-3/h16H,3-15H2,1-2H3;10H,3-9H2,1-2H3;9H,4-8H2,1-3H3;6-7,11H,3-5H2,1-2H3;5,7,10,12H,2-4H2,1H3;5H,3-4H2,1-2H3;. The first kappa shape index (κ1) is 88.9. The minimum absolute atomic E-state index is 0.0143. The number of unbranched alkanes of at least 4 members (excludes halogenated alkanes) is 12. The molecular formula is C66H113N7O23. The van der Waals surface area contributed by atoms with Crippen LogP contribution in [0.4, 0.5) is 0 Å². The van der Waals surface area contributed by atoms with Gasteiger partial charge in [0.15, 0.2) is 6.23 Å². The molecule has 6 rings (SSSR count). The second-order valence-corrected chi connectivity index (χ2v) is 24.7. The van der Waals surface area contributed by atoms with Crippen LogP contribution in [0, 0.1) is 35.5 Å². The number of methoxy groups -OCH3 is 6. The second kappa shape index (κ2) is 51.1. The second-order valence-electron chi connectivity index (χ2n) is 24.7. The topological polar surface area (TPSA) is 378 Å². The van der Waals surface area contributed by atoms with Crippen molar-refractivity contribution >= 4 is 77.4 Å². The van der Waals surface area contributed by atoms with Crippen LogP contribution in [-0.4, -0.2) is 282 Å². The molecule has 0 bridgehead atoms. The van der Waals surface area contributed by atoms with E-state index in [1.165, 1.54) is 118 Å². The maximum Gasteiger partial charge on any atom is 0.373 e. The van der Waals surface area contributed by atoms with Crippen LogP contribution >= 0.6 is 0 Å². The first-order valence-corrected chi connectivity index (χ1v) is 33.3. The molecule has 3 N–H and O–H groups in total. The number of hydrogen-bond donors (Lipinski definition) is 3. The largest absolute Gasteiger partial charge is 0.469 e. The van der Waals surface area contributed by atoms with Gasteiger partial charge in [-0.1, -0.05) is 90.9 Å². The highest BCUT2D eigenvalue weighted by Crippen LogP contribution is 2.24. The summed E-state index contributed by atoms with van der Waals surface area (Å²) in [5.74, 6) is -3.98. The number of rotatable bonds is 30. The highest BCUT2D eigenvalue weighted by Gasteiger charge is 2.40. The minimum Gasteiger partial charge on any atom is -0.469 e. The third-order valence-corrected chi connectivity index (χ3v) is 16.7. The van der Waals surface area contributed by atoms with Crippen molar-refractivity contribution < 1.29 is 111 Å². The van der Waals surface area contributed by atoms with Gasteiger partial charge < -0.3 is 78.0 Å². The van der Waals surface area contributed by atoms with Gasteiger partial charge in [-0.25, -0.2) is 0 Å². The zero-order chi connectivity index (χ0) is 72.9. The smallest absolute Gasteiger partial charge is 0.373 e. The number of aliphatic hydroxyl groups excluding tert-OH is 3. The zero-order valence-electron chi connectivity index (χ0n) is 59.1. The molecule has 0 aromatic rings. The summed E-state index contributed by atoms with van der Waals surface area (Å²) >= 11 is 0. The highest BCUT2D eigenvalue weighted by atomic mass is 16.5. The summed E-state index contributed by atoms with van der Waals surface area (Å²) in [5, 5.41) is 26.9. The Morgan fingerprint density at radius 1 is 0.438 bits per heavy atom. The molecule has 0 aromatic heterocycles. The molecule has 8 unspecified atom stereocenters. The number of carbonyl (C=O) groups excluding carboxylic acids is 14. The highest BCUT2D eigenvalue weighted by molar-refractivity contribution is 5.90. The van der Waals surface area contributed by atoms with Crippen LogP contribution in [0.25, 0.3) is 0 Å². The van der Waals surface area contributed by atoms with Gasteiger partial charge in [0, 0.05) is 111 Å². The van der Waals surface area contributed by atoms with Crippen molar-refractivity contribution in [3.63, 3.8) is 0 Å². The number of β-amino-alcohol motifs (C(OH)–C–C–N with tert-alkyl or cyclic N) is 1. The molecule has 8 atom stereocenters. The lowest BCUT2D eigenvalue weighted by Crippen LogP contribution is -2.39. The maximum atomic E-state index is 11.8. The van der Waals surface area contributed by atoms with Gasteiger partial charge in [-0.15, -0.1) is 0 Å². The summed E-state index contributed by atoms with van der Waals surface area (Å²) in [5.41, 5.74) is 0. The average Bonchev–Trinajstić information content (AvgIpc) is 1.98. The third kappa shape index (κ3) is 35.2. The summed E-state index contributed by atoms with van der Waals surface area (Å²) < 4.78 is 27.6. The SMILES string of the molecule is CCCCCCCCCCCCN1CC(C(=O)OC)CC1=O.CCCCCCN1CC(C(=O)OC)CC1=O.COC(=O)C1CC(=O)N(C(O)CO)C1.COC(=O)C1CC(=O)N(C)C1.COC(=O)C1CC(=O)N(CC(C)O)C1.COC(=O)C1CC(=O)N(CCCN(C)C)C1.O=C=O. The molecule has 30 nitrogen and oxygen atoms in total. The van der Waals surface area contributed by atoms with Crippen LogP contribution in [0.3, 0.4) is 0 Å². The van der Waals surface area contributed by atoms with Crippen molar-refractivity contribution in [2.45, 2.75) is 168 Å². The number of carbonyl (C=O) groups is 12. The van der Waals surface area contributed by atoms with Crippen LogP contribution in [0.15, 0.2) is 0 Å². The van der Waals surface area contributed by atoms with Gasteiger partial charge in [0.25, 0.3) is 0 Å². The summed E-state index contributed by atoms with van der Waals surface area (Å²) in [4.78, 5) is 163. The van der Waals surface area contributed by atoms with Crippen LogP contribution in [0.1, 0.15) is 156 Å². The molecule has 6 aliphatic heterocycles. The van der Waals surface area contributed by atoms with Crippen LogP contribution in [-0.2, 0) is 95.5 Å². The number of likely N-dealkylation sites (tertiary alicyclic amines) is 6. The molecule has 0 aromatic carbocycles. The van der Waals surface area contributed by atoms with Crippen molar-refractivity contribution in [2.24, 2.45) is 35.5 Å². The summed E-state index contributed by atoms with van der Waals surface area (Å²) in [6.07, 6.45) is 18.4. The van der Waals surface area contributed by atoms with E-state index in [1.54, 1.807) is 28.7 Å². The lowest BCUT2D eigenvalue weighted by molar-refractivity contribution is -0.192. The lowest BCUT2D eigenvalue weighted by Gasteiger charge is -2.20. The summed E-state index contributed by atoms with van der Waals surface area (Å²) in [6.45, 7) is 11.6. The van der Waals surface area contributed by atoms with Crippen molar-refractivity contribution in [1.82, 2.24) is 34.3 Å². The normalized spacial score (nSPS) is 20.7. The fourth-order valence-electron chi connectivity index (χ4n) is 11.3. The van der Waals surface area contributed by atoms with Crippen LogP contribution in [0.5, 0.6) is 0 Å². The van der Waals surface area contributed by atoms with Gasteiger partial charge >= 0.3 is 42.0 Å². The van der Waals surface area contributed by atoms with E-state index in [2.05, 4.69) is 42.4 Å². The molecule has 6 aliphatic rings. The number of aliphatic hydroxyl groups is 3. The molecule has 550 valence electrons. The molecule has 0 saturated carbocycles. The quantitative estimate of drug-likeness (QED) is 0.0527. The van der Waals surface area contributed by atoms with Gasteiger partial charge in [0.05, 0.1) is 90.9 Å². The van der Waals surface area contributed by atoms with Crippen LogP contribution in [0.2, 0.25) is 0 Å². The molecule has 6 fully saturated rings. The Bertz CT molecular complexity index is 2430. The first-order chi connectivity index (χ1) is 45.6. The van der Waals surface area contributed by atoms with Crippen molar-refractivity contribution in [3.05, 3.63) is 0 Å². The minimum atomic E-state index is -1.22. The fourth-order valence-corrected chi connectivity index (χ4v) is 11.3. The molecule has 0 spiro atoms. The maximum absolute atomic E-state index is 11.8. The van der Waals surface area contributed by atoms with Gasteiger partial charge in [-0.2, -0.15) is 9.59 Å². The predicted octanol–water partition coefficient (Wildman–Crippen LogP) is 2.24. The monoisotopic (exact) mass is 1370 g/mol. The van der Waals surface area contributed by atoms with Crippen molar-refractivity contribution in [1.29, 1.82) is 0 Å².